The van der Waals surface area contributed by atoms with Crippen molar-refractivity contribution < 1.29 is 0 Å². The van der Waals surface area contributed by atoms with Crippen molar-refractivity contribution in [1.29, 1.82) is 0 Å². The molecule has 0 aromatic heterocycles. The quantitative estimate of drug-likeness (QED) is 0.868. The van der Waals surface area contributed by atoms with E-state index in [4.69, 9.17) is 11.6 Å². The Balaban J connectivity index is 1.74. The molecule has 3 rings (SSSR count). The zero-order chi connectivity index (χ0) is 13.2. The van der Waals surface area contributed by atoms with Crippen LogP contribution >= 0.6 is 23.4 Å². The SMILES string of the molecule is CC(NC1CSc2ccccc21)c1ccc(Cl)cc1. The van der Waals surface area contributed by atoms with Gasteiger partial charge in [0.05, 0.1) is 0 Å². The molecule has 0 aliphatic carbocycles. The molecule has 2 aromatic carbocycles. The molecule has 0 bridgehead atoms. The molecule has 1 aliphatic heterocycles. The van der Waals surface area contributed by atoms with Crippen LogP contribution in [0.5, 0.6) is 0 Å². The third-order valence-corrected chi connectivity index (χ3v) is 4.96. The molecule has 0 saturated heterocycles. The van der Waals surface area contributed by atoms with E-state index in [0.29, 0.717) is 12.1 Å². The fourth-order valence-electron chi connectivity index (χ4n) is 2.45. The van der Waals surface area contributed by atoms with Crippen LogP contribution in [0.3, 0.4) is 0 Å². The fraction of sp³-hybridized carbons (Fsp3) is 0.250. The van der Waals surface area contributed by atoms with Crippen LogP contribution in [0.1, 0.15) is 30.1 Å². The summed E-state index contributed by atoms with van der Waals surface area (Å²) in [5, 5.41) is 4.50. The molecular formula is C16H16ClNS. The largest absolute Gasteiger partial charge is 0.303 e. The second-order valence-corrected chi connectivity index (χ2v) is 6.34. The van der Waals surface area contributed by atoms with Crippen LogP contribution in [0, 0.1) is 0 Å². The number of hydrogen-bond acceptors (Lipinski definition) is 2. The van der Waals surface area contributed by atoms with Gasteiger partial charge in [0, 0.05) is 27.8 Å². The van der Waals surface area contributed by atoms with E-state index in [1.165, 1.54) is 16.0 Å². The first-order valence-corrected chi connectivity index (χ1v) is 7.83. The van der Waals surface area contributed by atoms with Gasteiger partial charge < -0.3 is 5.32 Å². The summed E-state index contributed by atoms with van der Waals surface area (Å²) >= 11 is 7.86. The fourth-order valence-corrected chi connectivity index (χ4v) is 3.75. The van der Waals surface area contributed by atoms with Gasteiger partial charge in [0.15, 0.2) is 0 Å². The van der Waals surface area contributed by atoms with Crippen LogP contribution in [0.25, 0.3) is 0 Å². The second-order valence-electron chi connectivity index (χ2n) is 4.84. The predicted molar refractivity (Wildman–Crippen MR) is 82.9 cm³/mol. The molecule has 2 atom stereocenters. The Hall–Kier alpha value is -0.960. The van der Waals surface area contributed by atoms with E-state index >= 15 is 0 Å². The topological polar surface area (TPSA) is 12.0 Å². The molecule has 98 valence electrons. The molecule has 3 heteroatoms. The maximum atomic E-state index is 5.93. The summed E-state index contributed by atoms with van der Waals surface area (Å²) in [6, 6.07) is 17.5. The van der Waals surface area contributed by atoms with Crippen LogP contribution < -0.4 is 5.32 Å². The highest BCUT2D eigenvalue weighted by molar-refractivity contribution is 7.99. The third kappa shape index (κ3) is 2.81. The Morgan fingerprint density at radius 2 is 1.89 bits per heavy atom. The van der Waals surface area contributed by atoms with Gasteiger partial charge in [-0.1, -0.05) is 41.9 Å². The Bertz CT molecular complexity index is 567. The van der Waals surface area contributed by atoms with Crippen LogP contribution in [0.2, 0.25) is 5.02 Å². The van der Waals surface area contributed by atoms with Crippen molar-refractivity contribution in [3.8, 4) is 0 Å². The van der Waals surface area contributed by atoms with E-state index in [2.05, 4.69) is 48.6 Å². The van der Waals surface area contributed by atoms with Gasteiger partial charge >= 0.3 is 0 Å². The van der Waals surface area contributed by atoms with Crippen molar-refractivity contribution in [1.82, 2.24) is 5.32 Å². The molecule has 0 radical (unpaired) electrons. The Labute approximate surface area is 123 Å². The summed E-state index contributed by atoms with van der Waals surface area (Å²) in [5.74, 6) is 1.11. The summed E-state index contributed by atoms with van der Waals surface area (Å²) in [6.07, 6.45) is 0. The molecule has 0 spiro atoms. The van der Waals surface area contributed by atoms with Gasteiger partial charge in [0.2, 0.25) is 0 Å². The van der Waals surface area contributed by atoms with Crippen LogP contribution in [-0.2, 0) is 0 Å². The zero-order valence-electron chi connectivity index (χ0n) is 10.8. The Morgan fingerprint density at radius 1 is 1.16 bits per heavy atom. The van der Waals surface area contributed by atoms with Gasteiger partial charge in [-0.2, -0.15) is 0 Å². The molecule has 1 N–H and O–H groups in total. The molecule has 0 saturated carbocycles. The lowest BCUT2D eigenvalue weighted by Gasteiger charge is -2.20. The monoisotopic (exact) mass is 289 g/mol. The molecule has 1 nitrogen and oxygen atoms in total. The summed E-state index contributed by atoms with van der Waals surface area (Å²) in [7, 11) is 0. The first-order valence-electron chi connectivity index (χ1n) is 6.47. The van der Waals surface area contributed by atoms with Gasteiger partial charge in [-0.15, -0.1) is 11.8 Å². The van der Waals surface area contributed by atoms with Gasteiger partial charge in [-0.05, 0) is 36.2 Å². The summed E-state index contributed by atoms with van der Waals surface area (Å²) in [6.45, 7) is 2.20. The number of thioether (sulfide) groups is 1. The number of hydrogen-bond donors (Lipinski definition) is 1. The molecule has 0 fully saturated rings. The normalized spacial score (nSPS) is 19.2. The van der Waals surface area contributed by atoms with Crippen molar-refractivity contribution in [3.05, 3.63) is 64.7 Å². The minimum absolute atomic E-state index is 0.328. The van der Waals surface area contributed by atoms with E-state index in [0.717, 1.165) is 10.8 Å². The molecule has 1 heterocycles. The van der Waals surface area contributed by atoms with Crippen LogP contribution in [-0.4, -0.2) is 5.75 Å². The van der Waals surface area contributed by atoms with E-state index in [9.17, 15) is 0 Å². The van der Waals surface area contributed by atoms with Gasteiger partial charge in [0.25, 0.3) is 0 Å². The van der Waals surface area contributed by atoms with Crippen LogP contribution in [0.15, 0.2) is 53.4 Å². The van der Waals surface area contributed by atoms with Crippen molar-refractivity contribution >= 4 is 23.4 Å². The molecular weight excluding hydrogens is 274 g/mol. The summed E-state index contributed by atoms with van der Waals surface area (Å²) < 4.78 is 0. The smallest absolute Gasteiger partial charge is 0.0431 e. The van der Waals surface area contributed by atoms with Crippen molar-refractivity contribution in [3.63, 3.8) is 0 Å². The van der Waals surface area contributed by atoms with E-state index in [-0.39, 0.29) is 0 Å². The minimum atomic E-state index is 0.328. The molecule has 2 unspecified atom stereocenters. The highest BCUT2D eigenvalue weighted by Gasteiger charge is 2.23. The van der Waals surface area contributed by atoms with E-state index in [1.54, 1.807) is 0 Å². The van der Waals surface area contributed by atoms with Gasteiger partial charge in [-0.25, -0.2) is 0 Å². The van der Waals surface area contributed by atoms with Crippen LogP contribution in [0.4, 0.5) is 0 Å². The highest BCUT2D eigenvalue weighted by Crippen LogP contribution is 2.38. The lowest BCUT2D eigenvalue weighted by molar-refractivity contribution is 0.501. The number of nitrogens with one attached hydrogen (secondary N) is 1. The van der Waals surface area contributed by atoms with Crippen molar-refractivity contribution in [2.45, 2.75) is 23.9 Å². The summed E-state index contributed by atoms with van der Waals surface area (Å²) in [5.41, 5.74) is 2.70. The average molecular weight is 290 g/mol. The minimum Gasteiger partial charge on any atom is -0.303 e. The van der Waals surface area contributed by atoms with E-state index in [1.807, 2.05) is 23.9 Å². The Morgan fingerprint density at radius 3 is 2.68 bits per heavy atom. The lowest BCUT2D eigenvalue weighted by Crippen LogP contribution is -2.24. The third-order valence-electron chi connectivity index (χ3n) is 3.52. The van der Waals surface area contributed by atoms with Gasteiger partial charge in [0.1, 0.15) is 0 Å². The standard InChI is InChI=1S/C16H16ClNS/c1-11(12-6-8-13(17)9-7-12)18-15-10-19-16-5-3-2-4-14(15)16/h2-9,11,15,18H,10H2,1H3. The van der Waals surface area contributed by atoms with Crippen molar-refractivity contribution in [2.75, 3.05) is 5.75 Å². The number of benzene rings is 2. The van der Waals surface area contributed by atoms with E-state index < -0.39 is 0 Å². The molecule has 1 aliphatic rings. The summed E-state index contributed by atoms with van der Waals surface area (Å²) in [4.78, 5) is 1.41. The van der Waals surface area contributed by atoms with Crippen molar-refractivity contribution in [2.24, 2.45) is 0 Å². The van der Waals surface area contributed by atoms with Gasteiger partial charge in [-0.3, -0.25) is 0 Å². The maximum Gasteiger partial charge on any atom is 0.0431 e. The average Bonchev–Trinajstić information content (AvgIpc) is 2.83. The number of halogens is 1. The highest BCUT2D eigenvalue weighted by atomic mass is 35.5. The zero-order valence-corrected chi connectivity index (χ0v) is 12.3. The first-order chi connectivity index (χ1) is 9.24. The maximum absolute atomic E-state index is 5.93. The number of fused-ring (bicyclic) bond motifs is 1. The molecule has 0 amide bonds. The predicted octanol–water partition coefficient (Wildman–Crippen LogP) is 4.84. The second kappa shape index (κ2) is 5.58. The molecule has 2 aromatic rings. The lowest BCUT2D eigenvalue weighted by atomic mass is 10.0. The Kier molecular flexibility index (Phi) is 3.83. The number of rotatable bonds is 3. The first kappa shape index (κ1) is 13.0. The molecule has 19 heavy (non-hydrogen) atoms.